The van der Waals surface area contributed by atoms with Crippen molar-refractivity contribution in [2.24, 2.45) is 0 Å². The summed E-state index contributed by atoms with van der Waals surface area (Å²) in [5, 5.41) is 5.02. The van der Waals surface area contributed by atoms with Gasteiger partial charge >= 0.3 is 0 Å². The predicted molar refractivity (Wildman–Crippen MR) is 215 cm³/mol. The quantitative estimate of drug-likeness (QED) is 0.174. The summed E-state index contributed by atoms with van der Waals surface area (Å²) in [5.41, 5.74) is 12.9. The number of rotatable bonds is 6. The molecule has 0 fully saturated rings. The van der Waals surface area contributed by atoms with Gasteiger partial charge in [-0.15, -0.1) is 0 Å². The van der Waals surface area contributed by atoms with E-state index < -0.39 is 0 Å². The molecule has 3 heteroatoms. The molecule has 51 heavy (non-hydrogen) atoms. The normalized spacial score (nSPS) is 11.5. The second-order valence-corrected chi connectivity index (χ2v) is 13.0. The molecule has 2 aromatic heterocycles. The molecular formula is C48H33N3. The maximum atomic E-state index is 2.36. The molecule has 0 unspecified atom stereocenters. The average molecular weight is 652 g/mol. The van der Waals surface area contributed by atoms with Gasteiger partial charge in [-0.3, -0.25) is 0 Å². The van der Waals surface area contributed by atoms with E-state index in [1.807, 2.05) is 0 Å². The molecule has 0 N–H and O–H groups in total. The van der Waals surface area contributed by atoms with Gasteiger partial charge in [-0.2, -0.15) is 0 Å². The maximum absolute atomic E-state index is 2.36. The molecule has 3 nitrogen and oxygen atoms in total. The minimum atomic E-state index is 1.11. The first-order valence-corrected chi connectivity index (χ1v) is 17.4. The Morgan fingerprint density at radius 1 is 0.275 bits per heavy atom. The number of benzene rings is 8. The molecule has 10 aromatic rings. The number of hydrogen-bond acceptors (Lipinski definition) is 1. The summed E-state index contributed by atoms with van der Waals surface area (Å²) in [7, 11) is 0. The van der Waals surface area contributed by atoms with Crippen molar-refractivity contribution in [1.82, 2.24) is 9.13 Å². The van der Waals surface area contributed by atoms with Crippen LogP contribution in [0.2, 0.25) is 0 Å². The third-order valence-electron chi connectivity index (χ3n) is 10.1. The van der Waals surface area contributed by atoms with Gasteiger partial charge in [0.25, 0.3) is 0 Å². The molecule has 0 atom stereocenters. The summed E-state index contributed by atoms with van der Waals surface area (Å²) >= 11 is 0. The van der Waals surface area contributed by atoms with Crippen molar-refractivity contribution in [3.8, 4) is 22.5 Å². The van der Waals surface area contributed by atoms with E-state index in [-0.39, 0.29) is 0 Å². The minimum Gasteiger partial charge on any atom is -0.310 e. The highest BCUT2D eigenvalue weighted by Gasteiger charge is 2.18. The summed E-state index contributed by atoms with van der Waals surface area (Å²) in [4.78, 5) is 2.35. The van der Waals surface area contributed by atoms with Crippen LogP contribution in [-0.4, -0.2) is 9.13 Å². The number of anilines is 3. The first-order valence-electron chi connectivity index (χ1n) is 17.4. The fourth-order valence-electron chi connectivity index (χ4n) is 7.79. The van der Waals surface area contributed by atoms with E-state index in [9.17, 15) is 0 Å². The van der Waals surface area contributed by atoms with E-state index >= 15 is 0 Å². The lowest BCUT2D eigenvalue weighted by atomic mass is 10.0. The van der Waals surface area contributed by atoms with E-state index in [0.717, 1.165) is 28.4 Å². The lowest BCUT2D eigenvalue weighted by Gasteiger charge is -2.26. The number of para-hydroxylation sites is 5. The largest absolute Gasteiger partial charge is 0.310 e. The van der Waals surface area contributed by atoms with E-state index in [0.29, 0.717) is 0 Å². The van der Waals surface area contributed by atoms with Gasteiger partial charge in [0.05, 0.1) is 22.1 Å². The first-order chi connectivity index (χ1) is 25.3. The van der Waals surface area contributed by atoms with Crippen LogP contribution in [-0.2, 0) is 0 Å². The highest BCUT2D eigenvalue weighted by Crippen LogP contribution is 2.40. The zero-order valence-corrected chi connectivity index (χ0v) is 27.9. The lowest BCUT2D eigenvalue weighted by Crippen LogP contribution is -2.09. The highest BCUT2D eigenvalue weighted by molar-refractivity contribution is 6.11. The van der Waals surface area contributed by atoms with Crippen molar-refractivity contribution >= 4 is 60.7 Å². The van der Waals surface area contributed by atoms with E-state index in [4.69, 9.17) is 0 Å². The van der Waals surface area contributed by atoms with Crippen LogP contribution < -0.4 is 4.90 Å². The fraction of sp³-hybridized carbons (Fsp3) is 0. The summed E-state index contributed by atoms with van der Waals surface area (Å²) < 4.78 is 4.73. The van der Waals surface area contributed by atoms with Crippen molar-refractivity contribution in [2.75, 3.05) is 4.90 Å². The Bertz CT molecular complexity index is 2770. The standard InChI is InChI=1S/C48H33N3/c1-3-13-36(14-4-1)49(40-31-32-48-44(33-40)43-19-9-12-22-47(43)50(48)37-15-5-2-6-16-37)38-27-23-34(24-28-38)35-25-29-39(30-26-35)51-45-20-10-7-17-41(45)42-18-8-11-21-46(42)51/h1-33H. The molecule has 0 aliphatic carbocycles. The molecule has 0 spiro atoms. The number of hydrogen-bond donors (Lipinski definition) is 0. The van der Waals surface area contributed by atoms with Crippen molar-refractivity contribution in [1.29, 1.82) is 0 Å². The smallest absolute Gasteiger partial charge is 0.0542 e. The summed E-state index contributed by atoms with van der Waals surface area (Å²) in [6, 6.07) is 72.0. The Morgan fingerprint density at radius 2 is 0.667 bits per heavy atom. The highest BCUT2D eigenvalue weighted by atomic mass is 15.1. The van der Waals surface area contributed by atoms with Gasteiger partial charge in [-0.25, -0.2) is 0 Å². The van der Waals surface area contributed by atoms with Crippen LogP contribution in [0.1, 0.15) is 0 Å². The second-order valence-electron chi connectivity index (χ2n) is 13.0. The monoisotopic (exact) mass is 651 g/mol. The zero-order chi connectivity index (χ0) is 33.7. The summed E-state index contributed by atoms with van der Waals surface area (Å²) in [6.45, 7) is 0. The van der Waals surface area contributed by atoms with Gasteiger partial charge in [0, 0.05) is 50.0 Å². The Labute approximate surface area is 296 Å². The number of fused-ring (bicyclic) bond motifs is 6. The summed E-state index contributed by atoms with van der Waals surface area (Å²) in [6.07, 6.45) is 0. The molecule has 0 amide bonds. The molecule has 10 rings (SSSR count). The van der Waals surface area contributed by atoms with Crippen LogP contribution in [0.15, 0.2) is 200 Å². The Balaban J connectivity index is 1.04. The van der Waals surface area contributed by atoms with Gasteiger partial charge in [-0.05, 0) is 96.1 Å². The van der Waals surface area contributed by atoms with Gasteiger partial charge < -0.3 is 14.0 Å². The van der Waals surface area contributed by atoms with Crippen LogP contribution in [0.25, 0.3) is 66.1 Å². The Morgan fingerprint density at radius 3 is 1.24 bits per heavy atom. The third kappa shape index (κ3) is 4.82. The van der Waals surface area contributed by atoms with Crippen molar-refractivity contribution in [3.05, 3.63) is 200 Å². The molecule has 0 radical (unpaired) electrons. The number of nitrogens with zero attached hydrogens (tertiary/aromatic N) is 3. The van der Waals surface area contributed by atoms with E-state index in [2.05, 4.69) is 214 Å². The van der Waals surface area contributed by atoms with Crippen LogP contribution in [0.3, 0.4) is 0 Å². The molecule has 240 valence electrons. The Kier molecular flexibility index (Phi) is 6.81. The van der Waals surface area contributed by atoms with Gasteiger partial charge in [0.2, 0.25) is 0 Å². The van der Waals surface area contributed by atoms with Crippen molar-refractivity contribution in [2.45, 2.75) is 0 Å². The third-order valence-corrected chi connectivity index (χ3v) is 10.1. The summed E-state index contributed by atoms with van der Waals surface area (Å²) in [5.74, 6) is 0. The average Bonchev–Trinajstić information content (AvgIpc) is 3.72. The molecule has 0 bridgehead atoms. The topological polar surface area (TPSA) is 13.1 Å². The van der Waals surface area contributed by atoms with Gasteiger partial charge in [0.15, 0.2) is 0 Å². The maximum Gasteiger partial charge on any atom is 0.0542 e. The molecule has 8 aromatic carbocycles. The van der Waals surface area contributed by atoms with E-state index in [1.54, 1.807) is 0 Å². The van der Waals surface area contributed by atoms with Crippen LogP contribution >= 0.6 is 0 Å². The molecule has 0 aliphatic rings. The second kappa shape index (κ2) is 11.9. The SMILES string of the molecule is c1ccc(N(c2ccc(-c3ccc(-n4c5ccccc5c5ccccc54)cc3)cc2)c2ccc3c(c2)c2ccccc2n3-c2ccccc2)cc1. The lowest BCUT2D eigenvalue weighted by molar-refractivity contribution is 1.18. The van der Waals surface area contributed by atoms with Crippen LogP contribution in [0.5, 0.6) is 0 Å². The zero-order valence-electron chi connectivity index (χ0n) is 27.9. The van der Waals surface area contributed by atoms with Crippen LogP contribution in [0, 0.1) is 0 Å². The van der Waals surface area contributed by atoms with Gasteiger partial charge in [-0.1, -0.05) is 115 Å². The van der Waals surface area contributed by atoms with Crippen molar-refractivity contribution in [3.63, 3.8) is 0 Å². The Hall–Kier alpha value is -6.84. The first kappa shape index (κ1) is 29.1. The van der Waals surface area contributed by atoms with Crippen LogP contribution in [0.4, 0.5) is 17.1 Å². The fourth-order valence-corrected chi connectivity index (χ4v) is 7.79. The number of aromatic nitrogens is 2. The molecule has 0 saturated heterocycles. The van der Waals surface area contributed by atoms with E-state index in [1.165, 1.54) is 54.7 Å². The molecular weight excluding hydrogens is 619 g/mol. The van der Waals surface area contributed by atoms with Crippen molar-refractivity contribution < 1.29 is 0 Å². The molecule has 0 saturated carbocycles. The minimum absolute atomic E-state index is 1.11. The molecule has 0 aliphatic heterocycles. The molecule has 2 heterocycles. The predicted octanol–water partition coefficient (Wildman–Crippen LogP) is 13.0. The van der Waals surface area contributed by atoms with Gasteiger partial charge in [0.1, 0.15) is 0 Å².